The van der Waals surface area contributed by atoms with Crippen molar-refractivity contribution in [2.45, 2.75) is 50.9 Å². The molecule has 0 bridgehead atoms. The monoisotopic (exact) mass is 374 g/mol. The van der Waals surface area contributed by atoms with Crippen molar-refractivity contribution in [2.24, 2.45) is 5.92 Å². The number of para-hydroxylation sites is 1. The largest absolute Gasteiger partial charge is 0.487 e. The third kappa shape index (κ3) is 4.47. The topological polar surface area (TPSA) is 63.4 Å². The van der Waals surface area contributed by atoms with Crippen LogP contribution in [0, 0.1) is 17.8 Å². The van der Waals surface area contributed by atoms with Crippen molar-refractivity contribution >= 4 is 0 Å². The predicted octanol–water partition coefficient (Wildman–Crippen LogP) is 0.957. The summed E-state index contributed by atoms with van der Waals surface area (Å²) in [6.07, 6.45) is 1.85. The van der Waals surface area contributed by atoms with Gasteiger partial charge < -0.3 is 24.6 Å². The number of benzene rings is 1. The Morgan fingerprint density at radius 1 is 1.15 bits per heavy atom. The smallest absolute Gasteiger partial charge is 0.139 e. The van der Waals surface area contributed by atoms with Gasteiger partial charge in [0.2, 0.25) is 0 Å². The third-order valence-corrected chi connectivity index (χ3v) is 5.80. The van der Waals surface area contributed by atoms with Crippen molar-refractivity contribution in [1.82, 2.24) is 0 Å². The van der Waals surface area contributed by atoms with E-state index in [-0.39, 0.29) is 24.9 Å². The lowest BCUT2D eigenvalue weighted by Gasteiger charge is -2.50. The van der Waals surface area contributed by atoms with E-state index in [4.69, 9.17) is 19.7 Å². The number of ether oxygens (including phenoxy) is 2. The van der Waals surface area contributed by atoms with E-state index in [0.717, 1.165) is 29.1 Å². The van der Waals surface area contributed by atoms with Crippen LogP contribution in [0.1, 0.15) is 45.3 Å². The van der Waals surface area contributed by atoms with E-state index >= 15 is 0 Å². The highest BCUT2D eigenvalue weighted by molar-refractivity contribution is 5.39. The first-order valence-electron chi connectivity index (χ1n) is 9.89. The second-order valence-electron chi connectivity index (χ2n) is 8.33. The molecule has 0 unspecified atom stereocenters. The molecule has 1 fully saturated rings. The quantitative estimate of drug-likeness (QED) is 0.672. The number of aliphatic hydroxyl groups is 2. The summed E-state index contributed by atoms with van der Waals surface area (Å²) in [7, 11) is 0. The van der Waals surface area contributed by atoms with Crippen LogP contribution in [-0.4, -0.2) is 54.3 Å². The molecule has 1 aromatic rings. The third-order valence-electron chi connectivity index (χ3n) is 5.80. The zero-order valence-electron chi connectivity index (χ0n) is 16.6. The summed E-state index contributed by atoms with van der Waals surface area (Å²) < 4.78 is 12.8. The molecule has 0 saturated carbocycles. The minimum Gasteiger partial charge on any atom is -0.487 e. The van der Waals surface area contributed by atoms with Crippen LogP contribution < -0.4 is 9.64 Å². The lowest BCUT2D eigenvalue weighted by Crippen LogP contribution is -3.13. The van der Waals surface area contributed by atoms with Crippen molar-refractivity contribution in [3.05, 3.63) is 29.8 Å². The van der Waals surface area contributed by atoms with Crippen molar-refractivity contribution < 1.29 is 24.6 Å². The molecule has 5 nitrogen and oxygen atoms in total. The van der Waals surface area contributed by atoms with E-state index in [1.54, 1.807) is 0 Å². The normalized spacial score (nSPS) is 28.5. The number of aliphatic hydroxyl groups excluding tert-OH is 2. The highest BCUT2D eigenvalue weighted by Crippen LogP contribution is 2.52. The van der Waals surface area contributed by atoms with Gasteiger partial charge >= 0.3 is 0 Å². The molecule has 3 atom stereocenters. The maximum Gasteiger partial charge on any atom is 0.139 e. The fraction of sp³-hybridized carbons (Fsp3) is 0.636. The van der Waals surface area contributed by atoms with Gasteiger partial charge in [0, 0.05) is 11.5 Å². The first kappa shape index (κ1) is 20.2. The van der Waals surface area contributed by atoms with Gasteiger partial charge in [0.25, 0.3) is 0 Å². The van der Waals surface area contributed by atoms with Gasteiger partial charge in [0.15, 0.2) is 0 Å². The van der Waals surface area contributed by atoms with E-state index in [1.165, 1.54) is 0 Å². The average molecular weight is 375 g/mol. The van der Waals surface area contributed by atoms with Crippen LogP contribution in [0.2, 0.25) is 0 Å². The van der Waals surface area contributed by atoms with E-state index in [1.807, 2.05) is 18.2 Å². The molecule has 2 heterocycles. The second kappa shape index (κ2) is 8.20. The Morgan fingerprint density at radius 3 is 2.56 bits per heavy atom. The minimum absolute atomic E-state index is 0.0173. The Hall–Kier alpha value is -1.58. The Bertz CT molecular complexity index is 702. The first-order valence-corrected chi connectivity index (χ1v) is 9.89. The summed E-state index contributed by atoms with van der Waals surface area (Å²) in [5.74, 6) is 7.78. The number of rotatable bonds is 5. The van der Waals surface area contributed by atoms with Gasteiger partial charge in [-0.2, -0.15) is 0 Å². The minimum atomic E-state index is -0.495. The Kier molecular flexibility index (Phi) is 6.12. The van der Waals surface area contributed by atoms with Crippen LogP contribution in [0.4, 0.5) is 0 Å². The number of quaternary nitrogens is 1. The Balaban J connectivity index is 1.77. The first-order chi connectivity index (χ1) is 12.9. The Labute approximate surface area is 162 Å². The molecule has 1 aromatic carbocycles. The van der Waals surface area contributed by atoms with E-state index < -0.39 is 5.60 Å². The van der Waals surface area contributed by atoms with Gasteiger partial charge in [-0.15, -0.1) is 0 Å². The highest BCUT2D eigenvalue weighted by atomic mass is 16.5. The van der Waals surface area contributed by atoms with Crippen LogP contribution in [0.3, 0.4) is 0 Å². The highest BCUT2D eigenvalue weighted by Gasteiger charge is 2.49. The molecule has 2 aliphatic heterocycles. The molecule has 0 spiro atoms. The van der Waals surface area contributed by atoms with E-state index in [9.17, 15) is 0 Å². The summed E-state index contributed by atoms with van der Waals surface area (Å²) in [5.41, 5.74) is 0.352. The lowest BCUT2D eigenvalue weighted by molar-refractivity contribution is -0.893. The van der Waals surface area contributed by atoms with Crippen LogP contribution in [0.5, 0.6) is 5.75 Å². The second-order valence-corrected chi connectivity index (χ2v) is 8.33. The van der Waals surface area contributed by atoms with Gasteiger partial charge in [0.1, 0.15) is 36.6 Å². The molecule has 3 rings (SSSR count). The van der Waals surface area contributed by atoms with Crippen LogP contribution in [0.25, 0.3) is 0 Å². The molecule has 5 heteroatoms. The van der Waals surface area contributed by atoms with Crippen molar-refractivity contribution in [3.63, 3.8) is 0 Å². The van der Waals surface area contributed by atoms with Crippen molar-refractivity contribution in [2.75, 3.05) is 32.8 Å². The Morgan fingerprint density at radius 2 is 1.85 bits per heavy atom. The fourth-order valence-corrected chi connectivity index (χ4v) is 4.23. The molecule has 148 valence electrons. The standard InChI is InChI=1S/C22H31NO4/c1-21(2)18-9-11-22(3,10-6-12-23(13-15-24)14-16-25)27-20(18)17-7-4-5-8-19(17)26-21/h4-5,7-8,18,20,24-25H,9,11-16H2,1-3H3/p+1/t18-,20-,22-/m0/s1. The average Bonchev–Trinajstić information content (AvgIpc) is 2.61. The maximum atomic E-state index is 9.15. The van der Waals surface area contributed by atoms with Crippen molar-refractivity contribution in [3.8, 4) is 17.6 Å². The van der Waals surface area contributed by atoms with Gasteiger partial charge in [-0.05, 0) is 45.6 Å². The molecule has 0 aromatic heterocycles. The number of hydrogen-bond donors (Lipinski definition) is 3. The molecule has 1 saturated heterocycles. The fourth-order valence-electron chi connectivity index (χ4n) is 4.23. The van der Waals surface area contributed by atoms with Crippen LogP contribution in [0.15, 0.2) is 24.3 Å². The SMILES string of the molecule is CC1(C)Oc2ccccc2[C@@H]2O[C@@](C)(C#CC[NH+](CCO)CCO)CC[C@@H]21. The molecular weight excluding hydrogens is 342 g/mol. The summed E-state index contributed by atoms with van der Waals surface area (Å²) in [5, 5.41) is 18.3. The van der Waals surface area contributed by atoms with Gasteiger partial charge in [-0.3, -0.25) is 0 Å². The molecule has 3 N–H and O–H groups in total. The van der Waals surface area contributed by atoms with Gasteiger partial charge in [-0.25, -0.2) is 0 Å². The van der Waals surface area contributed by atoms with Gasteiger partial charge in [0.05, 0.1) is 19.3 Å². The summed E-state index contributed by atoms with van der Waals surface area (Å²) >= 11 is 0. The summed E-state index contributed by atoms with van der Waals surface area (Å²) in [4.78, 5) is 1.09. The van der Waals surface area contributed by atoms with Crippen LogP contribution in [-0.2, 0) is 4.74 Å². The van der Waals surface area contributed by atoms with Crippen LogP contribution >= 0.6 is 0 Å². The molecule has 0 radical (unpaired) electrons. The molecular formula is C22H32NO4+. The summed E-state index contributed by atoms with van der Waals surface area (Å²) in [6, 6.07) is 8.13. The summed E-state index contributed by atoms with van der Waals surface area (Å²) in [6.45, 7) is 8.33. The van der Waals surface area contributed by atoms with E-state index in [2.05, 4.69) is 38.7 Å². The zero-order valence-corrected chi connectivity index (χ0v) is 16.6. The predicted molar refractivity (Wildman–Crippen MR) is 104 cm³/mol. The molecule has 0 aliphatic carbocycles. The number of hydrogen-bond acceptors (Lipinski definition) is 4. The zero-order chi connectivity index (χ0) is 19.5. The van der Waals surface area contributed by atoms with E-state index in [0.29, 0.717) is 25.6 Å². The molecule has 0 amide bonds. The molecule has 2 aliphatic rings. The maximum absolute atomic E-state index is 9.15. The number of nitrogens with one attached hydrogen (secondary N) is 1. The van der Waals surface area contributed by atoms with Crippen molar-refractivity contribution in [1.29, 1.82) is 0 Å². The number of fused-ring (bicyclic) bond motifs is 3. The van der Waals surface area contributed by atoms with Gasteiger partial charge in [-0.1, -0.05) is 24.1 Å². The lowest BCUT2D eigenvalue weighted by atomic mass is 9.73. The molecule has 27 heavy (non-hydrogen) atoms.